The van der Waals surface area contributed by atoms with Gasteiger partial charge in [-0.2, -0.15) is 0 Å². The summed E-state index contributed by atoms with van der Waals surface area (Å²) in [5, 5.41) is 6.59. The van der Waals surface area contributed by atoms with Gasteiger partial charge in [-0.3, -0.25) is 4.79 Å². The van der Waals surface area contributed by atoms with Crippen LogP contribution < -0.4 is 10.6 Å². The van der Waals surface area contributed by atoms with Gasteiger partial charge in [-0.15, -0.1) is 0 Å². The summed E-state index contributed by atoms with van der Waals surface area (Å²) in [5.41, 5.74) is 0. The molecule has 0 aromatic rings. The second-order valence-corrected chi connectivity index (χ2v) is 4.39. The van der Waals surface area contributed by atoms with E-state index >= 15 is 0 Å². The molecule has 0 aliphatic carbocycles. The van der Waals surface area contributed by atoms with Crippen LogP contribution in [-0.2, 0) is 4.79 Å². The highest BCUT2D eigenvalue weighted by molar-refractivity contribution is 5.78. The topological polar surface area (TPSA) is 41.1 Å². The van der Waals surface area contributed by atoms with Crippen LogP contribution in [0.3, 0.4) is 0 Å². The molecule has 0 amide bonds. The molecule has 0 rings (SSSR count). The minimum absolute atomic E-state index is 0.356. The zero-order valence-electron chi connectivity index (χ0n) is 11.1. The Balaban J connectivity index is 3.54. The zero-order valence-corrected chi connectivity index (χ0v) is 11.1. The predicted octanol–water partition coefficient (Wildman–Crippen LogP) is 1.97. The summed E-state index contributed by atoms with van der Waals surface area (Å²) >= 11 is 0. The number of carbonyl (C=O) groups excluding carboxylic acids is 1. The van der Waals surface area contributed by atoms with Crippen molar-refractivity contribution in [3.05, 3.63) is 0 Å². The first-order chi connectivity index (χ1) is 7.74. The van der Waals surface area contributed by atoms with Crippen molar-refractivity contribution in [1.29, 1.82) is 0 Å². The number of hydrogen-bond donors (Lipinski definition) is 2. The van der Waals surface area contributed by atoms with Gasteiger partial charge < -0.3 is 10.6 Å². The van der Waals surface area contributed by atoms with Crippen molar-refractivity contribution in [2.75, 3.05) is 26.7 Å². The lowest BCUT2D eigenvalue weighted by Gasteiger charge is -2.16. The SMILES string of the molecule is CCCC(CCNC)CNCCC(=O)CC. The summed E-state index contributed by atoms with van der Waals surface area (Å²) in [7, 11) is 2.00. The molecule has 0 spiro atoms. The van der Waals surface area contributed by atoms with Gasteiger partial charge in [-0.05, 0) is 38.9 Å². The highest BCUT2D eigenvalue weighted by Gasteiger charge is 2.06. The van der Waals surface area contributed by atoms with E-state index in [1.54, 1.807) is 0 Å². The average molecular weight is 228 g/mol. The lowest BCUT2D eigenvalue weighted by Crippen LogP contribution is -2.27. The predicted molar refractivity (Wildman–Crippen MR) is 69.7 cm³/mol. The Morgan fingerprint density at radius 2 is 1.94 bits per heavy atom. The van der Waals surface area contributed by atoms with E-state index in [1.807, 2.05) is 14.0 Å². The van der Waals surface area contributed by atoms with Crippen LogP contribution in [0.4, 0.5) is 0 Å². The van der Waals surface area contributed by atoms with Gasteiger partial charge in [-0.1, -0.05) is 20.3 Å². The van der Waals surface area contributed by atoms with E-state index in [9.17, 15) is 4.79 Å². The van der Waals surface area contributed by atoms with Crippen LogP contribution in [0.15, 0.2) is 0 Å². The first-order valence-corrected chi connectivity index (χ1v) is 6.61. The first-order valence-electron chi connectivity index (χ1n) is 6.61. The molecule has 0 aliphatic heterocycles. The van der Waals surface area contributed by atoms with Crippen LogP contribution in [0.5, 0.6) is 0 Å². The third kappa shape index (κ3) is 8.86. The summed E-state index contributed by atoms with van der Waals surface area (Å²) < 4.78 is 0. The summed E-state index contributed by atoms with van der Waals surface area (Å²) in [4.78, 5) is 11.1. The molecule has 0 aromatic heterocycles. The van der Waals surface area contributed by atoms with Crippen molar-refractivity contribution in [2.45, 2.75) is 46.0 Å². The van der Waals surface area contributed by atoms with Crippen LogP contribution in [0.25, 0.3) is 0 Å². The van der Waals surface area contributed by atoms with E-state index in [0.29, 0.717) is 18.6 Å². The van der Waals surface area contributed by atoms with E-state index < -0.39 is 0 Å². The van der Waals surface area contributed by atoms with E-state index in [2.05, 4.69) is 17.6 Å². The fourth-order valence-corrected chi connectivity index (χ4v) is 1.82. The maximum Gasteiger partial charge on any atom is 0.133 e. The van der Waals surface area contributed by atoms with E-state index in [1.165, 1.54) is 19.3 Å². The maximum atomic E-state index is 11.1. The molecule has 0 aromatic carbocycles. The van der Waals surface area contributed by atoms with Crippen LogP contribution in [0, 0.1) is 5.92 Å². The minimum atomic E-state index is 0.356. The summed E-state index contributed by atoms with van der Waals surface area (Å²) in [6, 6.07) is 0. The number of nitrogens with one attached hydrogen (secondary N) is 2. The van der Waals surface area contributed by atoms with Gasteiger partial charge in [0.2, 0.25) is 0 Å². The Hall–Kier alpha value is -0.410. The number of Topliss-reactive ketones (excluding diaryl/α,β-unsaturated/α-hetero) is 1. The third-order valence-electron chi connectivity index (χ3n) is 2.91. The molecule has 0 saturated heterocycles. The molecule has 0 radical (unpaired) electrons. The number of rotatable bonds is 11. The van der Waals surface area contributed by atoms with Crippen molar-refractivity contribution in [1.82, 2.24) is 10.6 Å². The van der Waals surface area contributed by atoms with Gasteiger partial charge in [0.05, 0.1) is 0 Å². The molecule has 0 saturated carbocycles. The molecule has 1 unspecified atom stereocenters. The van der Waals surface area contributed by atoms with E-state index in [0.717, 1.165) is 25.6 Å². The van der Waals surface area contributed by atoms with Gasteiger partial charge in [-0.25, -0.2) is 0 Å². The van der Waals surface area contributed by atoms with Crippen LogP contribution in [0.1, 0.15) is 46.0 Å². The largest absolute Gasteiger partial charge is 0.320 e. The van der Waals surface area contributed by atoms with Crippen molar-refractivity contribution < 1.29 is 4.79 Å². The number of hydrogen-bond acceptors (Lipinski definition) is 3. The second-order valence-electron chi connectivity index (χ2n) is 4.39. The molecule has 1 atom stereocenters. The molecule has 0 heterocycles. The normalized spacial score (nSPS) is 12.7. The Morgan fingerprint density at radius 1 is 1.19 bits per heavy atom. The van der Waals surface area contributed by atoms with Crippen LogP contribution >= 0.6 is 0 Å². The number of carbonyl (C=O) groups is 1. The number of ketones is 1. The first kappa shape index (κ1) is 15.6. The van der Waals surface area contributed by atoms with Gasteiger partial charge >= 0.3 is 0 Å². The maximum absolute atomic E-state index is 11.1. The zero-order chi connectivity index (χ0) is 12.2. The molecule has 0 fully saturated rings. The minimum Gasteiger partial charge on any atom is -0.320 e. The Kier molecular flexibility index (Phi) is 10.8. The Labute approximate surface area is 100 Å². The molecule has 96 valence electrons. The van der Waals surface area contributed by atoms with Crippen molar-refractivity contribution in [3.63, 3.8) is 0 Å². The summed E-state index contributed by atoms with van der Waals surface area (Å²) in [5.74, 6) is 1.10. The molecule has 16 heavy (non-hydrogen) atoms. The fourth-order valence-electron chi connectivity index (χ4n) is 1.82. The fraction of sp³-hybridized carbons (Fsp3) is 0.923. The molecule has 3 heteroatoms. The van der Waals surface area contributed by atoms with Crippen LogP contribution in [0.2, 0.25) is 0 Å². The third-order valence-corrected chi connectivity index (χ3v) is 2.91. The van der Waals surface area contributed by atoms with Gasteiger partial charge in [0, 0.05) is 19.4 Å². The highest BCUT2D eigenvalue weighted by atomic mass is 16.1. The molecule has 3 nitrogen and oxygen atoms in total. The van der Waals surface area contributed by atoms with Crippen molar-refractivity contribution in [2.24, 2.45) is 5.92 Å². The van der Waals surface area contributed by atoms with Gasteiger partial charge in [0.25, 0.3) is 0 Å². The highest BCUT2D eigenvalue weighted by Crippen LogP contribution is 2.09. The lowest BCUT2D eigenvalue weighted by atomic mass is 10.00. The molecular formula is C13H28N2O. The molecular weight excluding hydrogens is 200 g/mol. The van der Waals surface area contributed by atoms with Gasteiger partial charge in [0.15, 0.2) is 0 Å². The lowest BCUT2D eigenvalue weighted by molar-refractivity contribution is -0.118. The molecule has 0 aliphatic rings. The monoisotopic (exact) mass is 228 g/mol. The van der Waals surface area contributed by atoms with Crippen LogP contribution in [-0.4, -0.2) is 32.5 Å². The quantitative estimate of drug-likeness (QED) is 0.531. The average Bonchev–Trinajstić information content (AvgIpc) is 2.30. The Morgan fingerprint density at radius 3 is 2.50 bits per heavy atom. The standard InChI is InChI=1S/C13H28N2O/c1-4-6-12(7-9-14-3)11-15-10-8-13(16)5-2/h12,14-15H,4-11H2,1-3H3. The van der Waals surface area contributed by atoms with Crippen molar-refractivity contribution >= 4 is 5.78 Å². The van der Waals surface area contributed by atoms with Crippen molar-refractivity contribution in [3.8, 4) is 0 Å². The molecule has 0 bridgehead atoms. The van der Waals surface area contributed by atoms with Gasteiger partial charge in [0.1, 0.15) is 5.78 Å². The smallest absolute Gasteiger partial charge is 0.133 e. The summed E-state index contributed by atoms with van der Waals surface area (Å²) in [6.07, 6.45) is 5.08. The summed E-state index contributed by atoms with van der Waals surface area (Å²) in [6.45, 7) is 7.13. The molecule has 2 N–H and O–H groups in total. The Bertz CT molecular complexity index is 171. The van der Waals surface area contributed by atoms with E-state index in [4.69, 9.17) is 0 Å². The van der Waals surface area contributed by atoms with E-state index in [-0.39, 0.29) is 0 Å². The second kappa shape index (κ2) is 11.1.